The van der Waals surface area contributed by atoms with Crippen molar-refractivity contribution >= 4 is 11.8 Å². The molecule has 0 aliphatic heterocycles. The molecule has 2 aromatic rings. The topological polar surface area (TPSA) is 76.0 Å². The summed E-state index contributed by atoms with van der Waals surface area (Å²) >= 11 is 0. The van der Waals surface area contributed by atoms with E-state index in [4.69, 9.17) is 0 Å². The lowest BCUT2D eigenvalue weighted by Crippen LogP contribution is -2.43. The Hall–Kier alpha value is -2.70. The Morgan fingerprint density at radius 2 is 1.83 bits per heavy atom. The molecule has 1 fully saturated rings. The summed E-state index contributed by atoms with van der Waals surface area (Å²) in [4.78, 5) is 25.4. The van der Waals surface area contributed by atoms with Crippen molar-refractivity contribution in [2.24, 2.45) is 5.92 Å². The number of carbonyl (C=O) groups is 2. The number of carbonyl (C=O) groups excluding carboxylic acids is 2. The molecule has 2 atom stereocenters. The maximum atomic E-state index is 13.3. The van der Waals surface area contributed by atoms with Crippen molar-refractivity contribution in [2.45, 2.75) is 71.4 Å². The summed E-state index contributed by atoms with van der Waals surface area (Å²) in [7, 11) is 0. The van der Waals surface area contributed by atoms with Crippen LogP contribution in [0.15, 0.2) is 30.5 Å². The van der Waals surface area contributed by atoms with Crippen LogP contribution >= 0.6 is 0 Å². The molecule has 7 heteroatoms. The van der Waals surface area contributed by atoms with Gasteiger partial charge in [0.15, 0.2) is 0 Å². The van der Waals surface area contributed by atoms with Crippen LogP contribution in [0, 0.1) is 11.7 Å². The molecule has 2 unspecified atom stereocenters. The Labute approximate surface area is 177 Å². The zero-order valence-electron chi connectivity index (χ0n) is 18.1. The van der Waals surface area contributed by atoms with E-state index in [1.54, 1.807) is 23.0 Å². The Morgan fingerprint density at radius 3 is 2.47 bits per heavy atom. The van der Waals surface area contributed by atoms with Gasteiger partial charge in [0.05, 0.1) is 23.1 Å². The van der Waals surface area contributed by atoms with E-state index in [1.165, 1.54) is 12.1 Å². The van der Waals surface area contributed by atoms with Crippen LogP contribution in [-0.4, -0.2) is 33.7 Å². The Balaban J connectivity index is 1.75. The molecule has 6 nitrogen and oxygen atoms in total. The molecule has 0 spiro atoms. The van der Waals surface area contributed by atoms with E-state index in [-0.39, 0.29) is 41.6 Å². The molecule has 0 radical (unpaired) electrons. The van der Waals surface area contributed by atoms with E-state index in [9.17, 15) is 14.0 Å². The second-order valence-corrected chi connectivity index (χ2v) is 8.68. The van der Waals surface area contributed by atoms with Crippen LogP contribution in [0.3, 0.4) is 0 Å². The molecule has 1 aliphatic rings. The number of amides is 2. The largest absolute Gasteiger partial charge is 0.354 e. The maximum absolute atomic E-state index is 13.3. The molecule has 1 saturated carbocycles. The zero-order chi connectivity index (χ0) is 21.8. The summed E-state index contributed by atoms with van der Waals surface area (Å²) in [6.45, 7) is 7.90. The SMILES string of the molecule is CC(C)NC(=O)C1CCCC(NC(=O)c2cnn(-c3ccc(F)cc3)c2C(C)C)C1. The van der Waals surface area contributed by atoms with Crippen LogP contribution in [0.1, 0.15) is 75.3 Å². The first-order valence-electron chi connectivity index (χ1n) is 10.7. The second-order valence-electron chi connectivity index (χ2n) is 8.68. The van der Waals surface area contributed by atoms with Crippen LogP contribution < -0.4 is 10.6 Å². The fourth-order valence-electron chi connectivity index (χ4n) is 4.10. The summed E-state index contributed by atoms with van der Waals surface area (Å²) < 4.78 is 15.0. The number of nitrogens with one attached hydrogen (secondary N) is 2. The third-order valence-corrected chi connectivity index (χ3v) is 5.48. The summed E-state index contributed by atoms with van der Waals surface area (Å²) in [6, 6.07) is 6.13. The lowest BCUT2D eigenvalue weighted by molar-refractivity contribution is -0.126. The highest BCUT2D eigenvalue weighted by Gasteiger charge is 2.30. The summed E-state index contributed by atoms with van der Waals surface area (Å²) in [5.41, 5.74) is 2.01. The van der Waals surface area contributed by atoms with E-state index in [0.717, 1.165) is 25.0 Å². The van der Waals surface area contributed by atoms with Gasteiger partial charge in [-0.1, -0.05) is 20.3 Å². The van der Waals surface area contributed by atoms with Gasteiger partial charge in [-0.2, -0.15) is 5.10 Å². The summed E-state index contributed by atoms with van der Waals surface area (Å²) in [6.07, 6.45) is 4.84. The molecule has 2 amide bonds. The molecule has 3 rings (SSSR count). The number of rotatable bonds is 6. The van der Waals surface area contributed by atoms with Gasteiger partial charge in [0.2, 0.25) is 5.91 Å². The first kappa shape index (κ1) is 22.0. The minimum atomic E-state index is -0.316. The van der Waals surface area contributed by atoms with Gasteiger partial charge in [-0.3, -0.25) is 9.59 Å². The van der Waals surface area contributed by atoms with Crippen LogP contribution in [-0.2, 0) is 4.79 Å². The van der Waals surface area contributed by atoms with Crippen molar-refractivity contribution in [1.29, 1.82) is 0 Å². The van der Waals surface area contributed by atoms with Gasteiger partial charge in [-0.05, 0) is 63.3 Å². The van der Waals surface area contributed by atoms with E-state index in [2.05, 4.69) is 15.7 Å². The normalized spacial score (nSPS) is 19.2. The number of halogens is 1. The maximum Gasteiger partial charge on any atom is 0.255 e. The van der Waals surface area contributed by atoms with E-state index in [0.29, 0.717) is 17.7 Å². The predicted molar refractivity (Wildman–Crippen MR) is 114 cm³/mol. The molecular weight excluding hydrogens is 383 g/mol. The number of aromatic nitrogens is 2. The first-order valence-corrected chi connectivity index (χ1v) is 10.7. The molecule has 1 heterocycles. The highest BCUT2D eigenvalue weighted by atomic mass is 19.1. The number of hydrogen-bond donors (Lipinski definition) is 2. The van der Waals surface area contributed by atoms with Gasteiger partial charge in [-0.15, -0.1) is 0 Å². The van der Waals surface area contributed by atoms with Gasteiger partial charge in [0.25, 0.3) is 5.91 Å². The molecule has 162 valence electrons. The van der Waals surface area contributed by atoms with Gasteiger partial charge in [0.1, 0.15) is 5.82 Å². The van der Waals surface area contributed by atoms with Crippen molar-refractivity contribution in [3.8, 4) is 5.69 Å². The van der Waals surface area contributed by atoms with Crippen molar-refractivity contribution in [3.05, 3.63) is 47.5 Å². The third kappa shape index (κ3) is 5.07. The van der Waals surface area contributed by atoms with Gasteiger partial charge < -0.3 is 10.6 Å². The van der Waals surface area contributed by atoms with Crippen molar-refractivity contribution < 1.29 is 14.0 Å². The fourth-order valence-corrected chi connectivity index (χ4v) is 4.10. The lowest BCUT2D eigenvalue weighted by Gasteiger charge is -2.29. The van der Waals surface area contributed by atoms with Crippen LogP contribution in [0.2, 0.25) is 0 Å². The Kier molecular flexibility index (Phi) is 6.90. The molecule has 0 saturated heterocycles. The lowest BCUT2D eigenvalue weighted by atomic mass is 9.85. The van der Waals surface area contributed by atoms with Gasteiger partial charge in [0, 0.05) is 18.0 Å². The molecular formula is C23H31FN4O2. The van der Waals surface area contributed by atoms with Crippen molar-refractivity contribution in [3.63, 3.8) is 0 Å². The fraction of sp³-hybridized carbons (Fsp3) is 0.522. The quantitative estimate of drug-likeness (QED) is 0.752. The first-order chi connectivity index (χ1) is 14.3. The van der Waals surface area contributed by atoms with Crippen LogP contribution in [0.4, 0.5) is 4.39 Å². The monoisotopic (exact) mass is 414 g/mol. The van der Waals surface area contributed by atoms with Gasteiger partial charge >= 0.3 is 0 Å². The zero-order valence-corrected chi connectivity index (χ0v) is 18.1. The Morgan fingerprint density at radius 1 is 1.13 bits per heavy atom. The third-order valence-electron chi connectivity index (χ3n) is 5.48. The van der Waals surface area contributed by atoms with E-state index >= 15 is 0 Å². The molecule has 0 bridgehead atoms. The van der Waals surface area contributed by atoms with Crippen LogP contribution in [0.5, 0.6) is 0 Å². The average Bonchev–Trinajstić information content (AvgIpc) is 3.14. The Bertz CT molecular complexity index is 889. The minimum Gasteiger partial charge on any atom is -0.354 e. The number of nitrogens with zero attached hydrogens (tertiary/aromatic N) is 2. The van der Waals surface area contributed by atoms with Gasteiger partial charge in [-0.25, -0.2) is 9.07 Å². The number of benzene rings is 1. The minimum absolute atomic E-state index is 0.0386. The predicted octanol–water partition coefficient (Wildman–Crippen LogP) is 3.95. The number of hydrogen-bond acceptors (Lipinski definition) is 3. The highest BCUT2D eigenvalue weighted by molar-refractivity contribution is 5.95. The molecule has 1 aliphatic carbocycles. The molecule has 1 aromatic carbocycles. The van der Waals surface area contributed by atoms with E-state index < -0.39 is 0 Å². The molecule has 30 heavy (non-hydrogen) atoms. The highest BCUT2D eigenvalue weighted by Crippen LogP contribution is 2.27. The molecule has 2 N–H and O–H groups in total. The van der Waals surface area contributed by atoms with E-state index in [1.807, 2.05) is 27.7 Å². The second kappa shape index (κ2) is 9.41. The summed E-state index contributed by atoms with van der Waals surface area (Å²) in [5, 5.41) is 10.5. The van der Waals surface area contributed by atoms with Crippen molar-refractivity contribution in [2.75, 3.05) is 0 Å². The smallest absolute Gasteiger partial charge is 0.255 e. The standard InChI is InChI=1S/C23H31FN4O2/c1-14(2)21-20(13-25-28(21)19-10-8-17(24)9-11-19)23(30)27-18-7-5-6-16(12-18)22(29)26-15(3)4/h8-11,13-16,18H,5-7,12H2,1-4H3,(H,26,29)(H,27,30). The summed E-state index contributed by atoms with van der Waals surface area (Å²) in [5.74, 6) is -0.451. The molecule has 1 aromatic heterocycles. The average molecular weight is 415 g/mol. The van der Waals surface area contributed by atoms with Crippen molar-refractivity contribution in [1.82, 2.24) is 20.4 Å². The van der Waals surface area contributed by atoms with Crippen LogP contribution in [0.25, 0.3) is 5.69 Å².